The second-order valence-corrected chi connectivity index (χ2v) is 4.91. The lowest BCUT2D eigenvalue weighted by atomic mass is 10.1. The van der Waals surface area contributed by atoms with Gasteiger partial charge >= 0.3 is 0 Å². The van der Waals surface area contributed by atoms with Gasteiger partial charge in [-0.2, -0.15) is 0 Å². The molecule has 5 heteroatoms. The first-order chi connectivity index (χ1) is 8.54. The molecule has 0 aliphatic heterocycles. The molecule has 0 saturated carbocycles. The van der Waals surface area contributed by atoms with E-state index in [-0.39, 0.29) is 12.5 Å². The predicted octanol–water partition coefficient (Wildman–Crippen LogP) is 2.24. The van der Waals surface area contributed by atoms with Crippen LogP contribution in [0.2, 0.25) is 0 Å². The van der Waals surface area contributed by atoms with E-state index in [1.165, 1.54) is 0 Å². The van der Waals surface area contributed by atoms with Crippen molar-refractivity contribution in [3.8, 4) is 0 Å². The summed E-state index contributed by atoms with van der Waals surface area (Å²) in [7, 11) is 1.61. The van der Waals surface area contributed by atoms with Crippen molar-refractivity contribution >= 4 is 27.5 Å². The second kappa shape index (κ2) is 7.38. The maximum absolute atomic E-state index is 11.5. The van der Waals surface area contributed by atoms with Crippen LogP contribution in [0.5, 0.6) is 0 Å². The van der Waals surface area contributed by atoms with Crippen LogP contribution in [0.25, 0.3) is 0 Å². The molecule has 0 bridgehead atoms. The number of carbonyl (C=O) groups excluding carboxylic acids is 1. The van der Waals surface area contributed by atoms with Gasteiger partial charge in [0.05, 0.1) is 13.2 Å². The monoisotopic (exact) mass is 314 g/mol. The number of ether oxygens (including phenoxy) is 1. The Balaban J connectivity index is 2.46. The Morgan fingerprint density at radius 3 is 2.50 bits per heavy atom. The van der Waals surface area contributed by atoms with Crippen molar-refractivity contribution in [2.24, 2.45) is 0 Å². The number of methoxy groups -OCH3 is 1. The van der Waals surface area contributed by atoms with Crippen LogP contribution in [0.3, 0.4) is 0 Å². The van der Waals surface area contributed by atoms with Crippen LogP contribution >= 0.6 is 15.9 Å². The van der Waals surface area contributed by atoms with E-state index in [0.717, 1.165) is 21.3 Å². The van der Waals surface area contributed by atoms with Gasteiger partial charge in [-0.3, -0.25) is 4.79 Å². The smallest absolute Gasteiger partial charge is 0.239 e. The largest absolute Gasteiger partial charge is 0.383 e. The fourth-order valence-corrected chi connectivity index (χ4v) is 1.81. The third-order valence-electron chi connectivity index (χ3n) is 2.52. The van der Waals surface area contributed by atoms with Crippen LogP contribution in [0.1, 0.15) is 11.1 Å². The molecule has 100 valence electrons. The zero-order valence-electron chi connectivity index (χ0n) is 11.0. The van der Waals surface area contributed by atoms with Gasteiger partial charge in [0.1, 0.15) is 0 Å². The fraction of sp³-hybridized carbons (Fsp3) is 0.462. The number of rotatable bonds is 6. The molecule has 1 amide bonds. The lowest BCUT2D eigenvalue weighted by Crippen LogP contribution is -2.32. The number of hydrogen-bond donors (Lipinski definition) is 2. The minimum absolute atomic E-state index is 0.0368. The number of anilines is 1. The van der Waals surface area contributed by atoms with E-state index in [1.807, 2.05) is 26.0 Å². The van der Waals surface area contributed by atoms with Crippen LogP contribution < -0.4 is 10.6 Å². The van der Waals surface area contributed by atoms with Gasteiger partial charge in [-0.1, -0.05) is 15.9 Å². The lowest BCUT2D eigenvalue weighted by molar-refractivity contribution is -0.119. The van der Waals surface area contributed by atoms with Crippen LogP contribution in [-0.4, -0.2) is 32.7 Å². The van der Waals surface area contributed by atoms with Gasteiger partial charge in [-0.15, -0.1) is 0 Å². The van der Waals surface area contributed by atoms with Crippen LogP contribution in [-0.2, 0) is 9.53 Å². The van der Waals surface area contributed by atoms with Gasteiger partial charge in [0, 0.05) is 23.8 Å². The standard InChI is InChI=1S/C13H19BrN2O2/c1-9-6-11(7-10(2)13(9)14)16-8-12(17)15-4-5-18-3/h6-7,16H,4-5,8H2,1-3H3,(H,15,17). The quantitative estimate of drug-likeness (QED) is 0.792. The van der Waals surface area contributed by atoms with Crippen molar-refractivity contribution in [2.45, 2.75) is 13.8 Å². The Hall–Kier alpha value is -1.07. The van der Waals surface area contributed by atoms with Gasteiger partial charge in [-0.05, 0) is 37.1 Å². The van der Waals surface area contributed by atoms with Crippen molar-refractivity contribution < 1.29 is 9.53 Å². The third kappa shape index (κ3) is 4.66. The second-order valence-electron chi connectivity index (χ2n) is 4.12. The Morgan fingerprint density at radius 1 is 1.33 bits per heavy atom. The molecule has 0 unspecified atom stereocenters. The molecule has 4 nitrogen and oxygen atoms in total. The van der Waals surface area contributed by atoms with Crippen molar-refractivity contribution in [2.75, 3.05) is 32.1 Å². The maximum atomic E-state index is 11.5. The number of benzene rings is 1. The first-order valence-corrected chi connectivity index (χ1v) is 6.60. The van der Waals surface area contributed by atoms with Crippen LogP contribution in [0.15, 0.2) is 16.6 Å². The molecule has 0 aromatic heterocycles. The molecule has 0 spiro atoms. The highest BCUT2D eigenvalue weighted by atomic mass is 79.9. The summed E-state index contributed by atoms with van der Waals surface area (Å²) in [5.74, 6) is -0.0368. The molecule has 0 heterocycles. The van der Waals surface area contributed by atoms with Gasteiger partial charge < -0.3 is 15.4 Å². The highest BCUT2D eigenvalue weighted by Crippen LogP contribution is 2.24. The molecule has 0 fully saturated rings. The molecule has 2 N–H and O–H groups in total. The molecule has 0 aliphatic rings. The Morgan fingerprint density at radius 2 is 1.94 bits per heavy atom. The first-order valence-electron chi connectivity index (χ1n) is 5.81. The summed E-state index contributed by atoms with van der Waals surface area (Å²) >= 11 is 3.51. The van der Waals surface area contributed by atoms with Crippen molar-refractivity contribution in [3.63, 3.8) is 0 Å². The summed E-state index contributed by atoms with van der Waals surface area (Å²) in [5.41, 5.74) is 3.25. The number of aryl methyl sites for hydroxylation is 2. The maximum Gasteiger partial charge on any atom is 0.239 e. The highest BCUT2D eigenvalue weighted by molar-refractivity contribution is 9.10. The Bertz CT molecular complexity index is 398. The van der Waals surface area contributed by atoms with Crippen LogP contribution in [0, 0.1) is 13.8 Å². The molecule has 1 rings (SSSR count). The summed E-state index contributed by atoms with van der Waals surface area (Å²) in [6, 6.07) is 4.03. The zero-order chi connectivity index (χ0) is 13.5. The van der Waals surface area contributed by atoms with Gasteiger partial charge in [0.2, 0.25) is 5.91 Å². The molecular formula is C13H19BrN2O2. The minimum atomic E-state index is -0.0368. The van der Waals surface area contributed by atoms with E-state index < -0.39 is 0 Å². The van der Waals surface area contributed by atoms with E-state index >= 15 is 0 Å². The SMILES string of the molecule is COCCNC(=O)CNc1cc(C)c(Br)c(C)c1. The molecule has 0 saturated heterocycles. The average molecular weight is 315 g/mol. The molecular weight excluding hydrogens is 296 g/mol. The predicted molar refractivity (Wildman–Crippen MR) is 77.0 cm³/mol. The number of nitrogens with one attached hydrogen (secondary N) is 2. The number of carbonyl (C=O) groups is 1. The van der Waals surface area contributed by atoms with Gasteiger partial charge in [-0.25, -0.2) is 0 Å². The van der Waals surface area contributed by atoms with Gasteiger partial charge in [0.15, 0.2) is 0 Å². The molecule has 0 radical (unpaired) electrons. The lowest BCUT2D eigenvalue weighted by Gasteiger charge is -2.10. The highest BCUT2D eigenvalue weighted by Gasteiger charge is 2.04. The fourth-order valence-electron chi connectivity index (χ4n) is 1.59. The summed E-state index contributed by atoms with van der Waals surface area (Å²) in [5, 5.41) is 5.87. The van der Waals surface area contributed by atoms with Crippen molar-refractivity contribution in [3.05, 3.63) is 27.7 Å². The van der Waals surface area contributed by atoms with Crippen molar-refractivity contribution in [1.82, 2.24) is 5.32 Å². The Kier molecular flexibility index (Phi) is 6.15. The number of hydrogen-bond acceptors (Lipinski definition) is 3. The molecule has 0 aliphatic carbocycles. The first kappa shape index (κ1) is 15.0. The van der Waals surface area contributed by atoms with E-state index in [0.29, 0.717) is 13.2 Å². The van der Waals surface area contributed by atoms with Gasteiger partial charge in [0.25, 0.3) is 0 Å². The summed E-state index contributed by atoms with van der Waals surface area (Å²) < 4.78 is 5.97. The molecule has 1 aromatic rings. The Labute approximate surface area is 116 Å². The number of halogens is 1. The average Bonchev–Trinajstić information content (AvgIpc) is 2.33. The van der Waals surface area contributed by atoms with Crippen LogP contribution in [0.4, 0.5) is 5.69 Å². The van der Waals surface area contributed by atoms with E-state index in [2.05, 4.69) is 26.6 Å². The topological polar surface area (TPSA) is 50.4 Å². The third-order valence-corrected chi connectivity index (χ3v) is 3.77. The molecule has 18 heavy (non-hydrogen) atoms. The van der Waals surface area contributed by atoms with E-state index in [1.54, 1.807) is 7.11 Å². The summed E-state index contributed by atoms with van der Waals surface area (Å²) in [6.07, 6.45) is 0. The minimum Gasteiger partial charge on any atom is -0.383 e. The summed E-state index contributed by atoms with van der Waals surface area (Å²) in [4.78, 5) is 11.5. The van der Waals surface area contributed by atoms with E-state index in [4.69, 9.17) is 4.74 Å². The summed E-state index contributed by atoms with van der Waals surface area (Å²) in [6.45, 7) is 5.39. The molecule has 1 aromatic carbocycles. The normalized spacial score (nSPS) is 10.2. The zero-order valence-corrected chi connectivity index (χ0v) is 12.6. The number of amides is 1. The van der Waals surface area contributed by atoms with E-state index in [9.17, 15) is 4.79 Å². The molecule has 0 atom stereocenters. The van der Waals surface area contributed by atoms with Crippen molar-refractivity contribution in [1.29, 1.82) is 0 Å².